The second kappa shape index (κ2) is 8.57. The minimum Gasteiger partial charge on any atom is -0.323 e. The first-order chi connectivity index (χ1) is 9.67. The Morgan fingerprint density at radius 1 is 1.57 bits per heavy atom. The van der Waals surface area contributed by atoms with E-state index in [1.54, 1.807) is 11.3 Å². The van der Waals surface area contributed by atoms with E-state index in [2.05, 4.69) is 29.1 Å². The standard InChI is InChI=1S/C16H24N2OS.ClH/c1-4-9-18-10-7-6-8-13(18)16(19)17-15-12(3)11-20-14(15)5-2;/h5,11,13H,2,4,6-10H2,1,3H3,(H,17,19);1H. The third kappa shape index (κ3) is 4.31. The molecule has 0 spiro atoms. The molecule has 1 fully saturated rings. The molecular weight excluding hydrogens is 304 g/mol. The number of anilines is 1. The summed E-state index contributed by atoms with van der Waals surface area (Å²) in [6.07, 6.45) is 6.24. The fraction of sp³-hybridized carbons (Fsp3) is 0.562. The first-order valence-corrected chi connectivity index (χ1v) is 8.30. The Hall–Kier alpha value is -0.840. The molecule has 3 nitrogen and oxygen atoms in total. The predicted octanol–water partition coefficient (Wildman–Crippen LogP) is 4.32. The number of hydrogen-bond donors (Lipinski definition) is 1. The summed E-state index contributed by atoms with van der Waals surface area (Å²) >= 11 is 1.63. The van der Waals surface area contributed by atoms with Crippen LogP contribution in [0.15, 0.2) is 12.0 Å². The van der Waals surface area contributed by atoms with Crippen LogP contribution in [0.1, 0.15) is 43.0 Å². The molecule has 21 heavy (non-hydrogen) atoms. The van der Waals surface area contributed by atoms with Crippen molar-refractivity contribution in [2.45, 2.75) is 45.6 Å². The molecule has 1 unspecified atom stereocenters. The molecule has 5 heteroatoms. The third-order valence-electron chi connectivity index (χ3n) is 3.86. The van der Waals surface area contributed by atoms with Gasteiger partial charge in [-0.1, -0.05) is 26.0 Å². The third-order valence-corrected chi connectivity index (χ3v) is 4.96. The molecule has 2 rings (SSSR count). The summed E-state index contributed by atoms with van der Waals surface area (Å²) in [7, 11) is 0. The van der Waals surface area contributed by atoms with Crippen LogP contribution < -0.4 is 5.32 Å². The number of nitrogens with one attached hydrogen (secondary N) is 1. The summed E-state index contributed by atoms with van der Waals surface area (Å²) < 4.78 is 0. The van der Waals surface area contributed by atoms with E-state index in [9.17, 15) is 4.79 Å². The van der Waals surface area contributed by atoms with E-state index in [0.29, 0.717) is 0 Å². The average molecular weight is 329 g/mol. The summed E-state index contributed by atoms with van der Waals surface area (Å²) in [5.74, 6) is 0.141. The van der Waals surface area contributed by atoms with Gasteiger partial charge in [0.05, 0.1) is 16.6 Å². The van der Waals surface area contributed by atoms with Crippen molar-refractivity contribution in [1.29, 1.82) is 0 Å². The van der Waals surface area contributed by atoms with Gasteiger partial charge in [-0.2, -0.15) is 0 Å². The highest BCUT2D eigenvalue weighted by Crippen LogP contribution is 2.29. The van der Waals surface area contributed by atoms with Crippen LogP contribution in [0, 0.1) is 6.92 Å². The van der Waals surface area contributed by atoms with Gasteiger partial charge in [-0.05, 0) is 50.2 Å². The summed E-state index contributed by atoms with van der Waals surface area (Å²) in [6.45, 7) is 10.1. The first-order valence-electron chi connectivity index (χ1n) is 7.42. The van der Waals surface area contributed by atoms with Crippen molar-refractivity contribution in [2.75, 3.05) is 18.4 Å². The monoisotopic (exact) mass is 328 g/mol. The minimum atomic E-state index is 0. The van der Waals surface area contributed by atoms with E-state index in [4.69, 9.17) is 0 Å². The van der Waals surface area contributed by atoms with Gasteiger partial charge >= 0.3 is 0 Å². The maximum Gasteiger partial charge on any atom is 0.241 e. The van der Waals surface area contributed by atoms with E-state index in [0.717, 1.165) is 48.5 Å². The zero-order valence-electron chi connectivity index (χ0n) is 12.9. The molecule has 0 radical (unpaired) electrons. The number of rotatable bonds is 5. The van der Waals surface area contributed by atoms with Crippen molar-refractivity contribution in [3.05, 3.63) is 22.4 Å². The molecule has 1 aromatic rings. The second-order valence-corrected chi connectivity index (χ2v) is 6.31. The molecule has 1 aliphatic rings. The molecule has 0 aliphatic carbocycles. The SMILES string of the molecule is C=Cc1scc(C)c1NC(=O)C1CCCCN1CCC.Cl. The number of carbonyl (C=O) groups excluding carboxylic acids is 1. The van der Waals surface area contributed by atoms with Gasteiger partial charge in [0.1, 0.15) is 0 Å². The predicted molar refractivity (Wildman–Crippen MR) is 94.5 cm³/mol. The van der Waals surface area contributed by atoms with Gasteiger partial charge in [0, 0.05) is 0 Å². The molecular formula is C16H25ClN2OS. The van der Waals surface area contributed by atoms with Crippen LogP contribution in [0.2, 0.25) is 0 Å². The van der Waals surface area contributed by atoms with Gasteiger partial charge in [0.25, 0.3) is 0 Å². The fourth-order valence-electron chi connectivity index (χ4n) is 2.82. The Labute approximate surface area is 137 Å². The summed E-state index contributed by atoms with van der Waals surface area (Å²) in [6, 6.07) is 0.0284. The zero-order chi connectivity index (χ0) is 14.5. The number of hydrogen-bond acceptors (Lipinski definition) is 3. The van der Waals surface area contributed by atoms with Crippen LogP contribution in [0.5, 0.6) is 0 Å². The maximum absolute atomic E-state index is 12.6. The van der Waals surface area contributed by atoms with Crippen molar-refractivity contribution in [3.63, 3.8) is 0 Å². The highest BCUT2D eigenvalue weighted by atomic mass is 35.5. The Kier molecular flexibility index (Phi) is 7.43. The van der Waals surface area contributed by atoms with E-state index in [1.807, 2.05) is 13.0 Å². The summed E-state index contributed by atoms with van der Waals surface area (Å²) in [4.78, 5) is 16.0. The average Bonchev–Trinajstić information content (AvgIpc) is 2.80. The molecule has 1 N–H and O–H groups in total. The number of piperidine rings is 1. The summed E-state index contributed by atoms with van der Waals surface area (Å²) in [5.41, 5.74) is 2.06. The molecule has 0 aromatic carbocycles. The Morgan fingerprint density at radius 3 is 3.00 bits per heavy atom. The quantitative estimate of drug-likeness (QED) is 0.872. The molecule has 118 valence electrons. The molecule has 0 saturated carbocycles. The van der Waals surface area contributed by atoms with Crippen molar-refractivity contribution < 1.29 is 4.79 Å². The number of thiophene rings is 1. The second-order valence-electron chi connectivity index (χ2n) is 5.40. The molecule has 1 atom stereocenters. The van der Waals surface area contributed by atoms with E-state index < -0.39 is 0 Å². The molecule has 1 aliphatic heterocycles. The number of nitrogens with zero attached hydrogens (tertiary/aromatic N) is 1. The van der Waals surface area contributed by atoms with Gasteiger partial charge in [0.2, 0.25) is 5.91 Å². The van der Waals surface area contributed by atoms with Crippen molar-refractivity contribution in [1.82, 2.24) is 4.90 Å². The van der Waals surface area contributed by atoms with E-state index in [1.165, 1.54) is 6.42 Å². The maximum atomic E-state index is 12.6. The highest BCUT2D eigenvalue weighted by molar-refractivity contribution is 7.11. The van der Waals surface area contributed by atoms with Gasteiger partial charge < -0.3 is 5.32 Å². The Morgan fingerprint density at radius 2 is 2.33 bits per heavy atom. The van der Waals surface area contributed by atoms with E-state index in [-0.39, 0.29) is 24.4 Å². The Bertz CT molecular complexity index is 485. The van der Waals surface area contributed by atoms with E-state index >= 15 is 0 Å². The lowest BCUT2D eigenvalue weighted by Crippen LogP contribution is -2.47. The van der Waals surface area contributed by atoms with Crippen LogP contribution in [0.25, 0.3) is 6.08 Å². The number of aryl methyl sites for hydroxylation is 1. The van der Waals surface area contributed by atoms with Crippen LogP contribution in [0.3, 0.4) is 0 Å². The lowest BCUT2D eigenvalue weighted by Gasteiger charge is -2.34. The van der Waals surface area contributed by atoms with Gasteiger partial charge in [0.15, 0.2) is 0 Å². The molecule has 0 bridgehead atoms. The van der Waals surface area contributed by atoms with Gasteiger partial charge in [-0.3, -0.25) is 9.69 Å². The van der Waals surface area contributed by atoms with Crippen LogP contribution in [-0.4, -0.2) is 29.9 Å². The van der Waals surface area contributed by atoms with Crippen LogP contribution >= 0.6 is 23.7 Å². The smallest absolute Gasteiger partial charge is 0.241 e. The molecule has 1 aromatic heterocycles. The lowest BCUT2D eigenvalue weighted by molar-refractivity contribution is -0.122. The molecule has 1 saturated heterocycles. The number of likely N-dealkylation sites (tertiary alicyclic amines) is 1. The van der Waals surface area contributed by atoms with Crippen molar-refractivity contribution in [2.24, 2.45) is 0 Å². The van der Waals surface area contributed by atoms with Crippen molar-refractivity contribution in [3.8, 4) is 0 Å². The fourth-order valence-corrected chi connectivity index (χ4v) is 3.67. The molecule has 2 heterocycles. The largest absolute Gasteiger partial charge is 0.323 e. The minimum absolute atomic E-state index is 0. The number of amides is 1. The first kappa shape index (κ1) is 18.2. The molecule has 1 amide bonds. The number of halogens is 1. The van der Waals surface area contributed by atoms with Gasteiger partial charge in [-0.15, -0.1) is 23.7 Å². The topological polar surface area (TPSA) is 32.3 Å². The lowest BCUT2D eigenvalue weighted by atomic mass is 10.0. The Balaban J connectivity index is 0.00000220. The van der Waals surface area contributed by atoms with Crippen LogP contribution in [0.4, 0.5) is 5.69 Å². The van der Waals surface area contributed by atoms with Gasteiger partial charge in [-0.25, -0.2) is 0 Å². The number of carbonyl (C=O) groups is 1. The van der Waals surface area contributed by atoms with Crippen LogP contribution in [-0.2, 0) is 4.79 Å². The van der Waals surface area contributed by atoms with Crippen molar-refractivity contribution >= 4 is 41.4 Å². The zero-order valence-corrected chi connectivity index (χ0v) is 14.5. The summed E-state index contributed by atoms with van der Waals surface area (Å²) in [5, 5.41) is 5.19. The normalized spacial score (nSPS) is 18.9. The highest BCUT2D eigenvalue weighted by Gasteiger charge is 2.28.